The highest BCUT2D eigenvalue weighted by molar-refractivity contribution is 5.75. The van der Waals surface area contributed by atoms with Gasteiger partial charge in [-0.25, -0.2) is 0 Å². The lowest BCUT2D eigenvalue weighted by Crippen LogP contribution is -2.22. The molecule has 0 aliphatic heterocycles. The first-order chi connectivity index (χ1) is 6.66. The number of hydrogen-bond acceptors (Lipinski definition) is 2. The molecule has 0 bridgehead atoms. The molecule has 0 unspecified atom stereocenters. The highest BCUT2D eigenvalue weighted by Gasteiger charge is 1.98. The first kappa shape index (κ1) is 12.9. The van der Waals surface area contributed by atoms with Crippen molar-refractivity contribution in [2.24, 2.45) is 0 Å². The third-order valence-corrected chi connectivity index (χ3v) is 1.83. The van der Waals surface area contributed by atoms with Crippen molar-refractivity contribution in [2.45, 2.75) is 39.5 Å². The Labute approximate surface area is 85.4 Å². The van der Waals surface area contributed by atoms with Crippen LogP contribution in [0.2, 0.25) is 0 Å². The molecule has 0 aromatic carbocycles. The van der Waals surface area contributed by atoms with E-state index < -0.39 is 0 Å². The van der Waals surface area contributed by atoms with Gasteiger partial charge in [-0.05, 0) is 19.8 Å². The van der Waals surface area contributed by atoms with Crippen LogP contribution in [0.25, 0.3) is 0 Å². The van der Waals surface area contributed by atoms with Crippen LogP contribution in [0, 0.1) is 0 Å². The van der Waals surface area contributed by atoms with E-state index in [1.54, 1.807) is 0 Å². The highest BCUT2D eigenvalue weighted by atomic mass is 16.2. The Hall–Kier alpha value is -1.06. The van der Waals surface area contributed by atoms with E-state index in [0.717, 1.165) is 19.3 Å². The minimum Gasteiger partial charge on any atom is -0.356 e. The van der Waals surface area contributed by atoms with Crippen molar-refractivity contribution in [1.82, 2.24) is 10.6 Å². The van der Waals surface area contributed by atoms with Gasteiger partial charge in [-0.15, -0.1) is 0 Å². The van der Waals surface area contributed by atoms with Crippen LogP contribution in [0.4, 0.5) is 0 Å². The Kier molecular flexibility index (Phi) is 7.89. The lowest BCUT2D eigenvalue weighted by atomic mass is 10.2. The maximum Gasteiger partial charge on any atom is 0.219 e. The predicted octanol–water partition coefficient (Wildman–Crippen LogP) is 0.819. The molecule has 14 heavy (non-hydrogen) atoms. The summed E-state index contributed by atoms with van der Waals surface area (Å²) < 4.78 is 0. The minimum absolute atomic E-state index is 0.00808. The van der Waals surface area contributed by atoms with Crippen molar-refractivity contribution in [3.63, 3.8) is 0 Å². The van der Waals surface area contributed by atoms with Crippen LogP contribution in [0.15, 0.2) is 0 Å². The molecule has 4 nitrogen and oxygen atoms in total. The second-order valence-corrected chi connectivity index (χ2v) is 3.25. The Morgan fingerprint density at radius 2 is 1.79 bits per heavy atom. The number of nitrogens with one attached hydrogen (secondary N) is 2. The van der Waals surface area contributed by atoms with Crippen LogP contribution >= 0.6 is 0 Å². The second kappa shape index (κ2) is 8.53. The molecule has 0 saturated heterocycles. The van der Waals surface area contributed by atoms with E-state index in [0.29, 0.717) is 19.5 Å². The predicted molar refractivity (Wildman–Crippen MR) is 55.8 cm³/mol. The van der Waals surface area contributed by atoms with Crippen molar-refractivity contribution in [2.75, 3.05) is 13.1 Å². The molecule has 0 aromatic rings. The molecular formula is C10H20N2O2. The summed E-state index contributed by atoms with van der Waals surface area (Å²) in [5, 5.41) is 5.47. The molecular weight excluding hydrogens is 180 g/mol. The summed E-state index contributed by atoms with van der Waals surface area (Å²) in [5.74, 6) is 0.126. The van der Waals surface area contributed by atoms with Crippen molar-refractivity contribution in [1.29, 1.82) is 0 Å². The molecule has 2 N–H and O–H groups in total. The molecule has 82 valence electrons. The van der Waals surface area contributed by atoms with Gasteiger partial charge in [0, 0.05) is 26.4 Å². The summed E-state index contributed by atoms with van der Waals surface area (Å²) >= 11 is 0. The Morgan fingerprint density at radius 1 is 1.07 bits per heavy atom. The van der Waals surface area contributed by atoms with E-state index in [2.05, 4.69) is 10.6 Å². The fourth-order valence-corrected chi connectivity index (χ4v) is 1.14. The zero-order valence-electron chi connectivity index (χ0n) is 9.06. The molecule has 0 fully saturated rings. The van der Waals surface area contributed by atoms with Crippen molar-refractivity contribution >= 4 is 11.8 Å². The van der Waals surface area contributed by atoms with Crippen molar-refractivity contribution in [3.8, 4) is 0 Å². The van der Waals surface area contributed by atoms with E-state index in [4.69, 9.17) is 0 Å². The maximum atomic E-state index is 11.0. The van der Waals surface area contributed by atoms with E-state index in [1.165, 1.54) is 6.92 Å². The fraction of sp³-hybridized carbons (Fsp3) is 0.800. The van der Waals surface area contributed by atoms with Gasteiger partial charge in [-0.2, -0.15) is 0 Å². The third-order valence-electron chi connectivity index (χ3n) is 1.83. The molecule has 0 saturated carbocycles. The van der Waals surface area contributed by atoms with Gasteiger partial charge in [-0.1, -0.05) is 6.42 Å². The average Bonchev–Trinajstić information content (AvgIpc) is 2.11. The van der Waals surface area contributed by atoms with Gasteiger partial charge in [0.25, 0.3) is 0 Å². The van der Waals surface area contributed by atoms with Crippen LogP contribution in [-0.4, -0.2) is 24.9 Å². The van der Waals surface area contributed by atoms with Gasteiger partial charge in [0.05, 0.1) is 0 Å². The summed E-state index contributed by atoms with van der Waals surface area (Å²) in [6.07, 6.45) is 3.41. The highest BCUT2D eigenvalue weighted by Crippen LogP contribution is 1.98. The minimum atomic E-state index is 0.00808. The molecule has 2 amide bonds. The first-order valence-electron chi connectivity index (χ1n) is 5.18. The van der Waals surface area contributed by atoms with Crippen LogP contribution in [-0.2, 0) is 9.59 Å². The lowest BCUT2D eigenvalue weighted by Gasteiger charge is -2.02. The third kappa shape index (κ3) is 9.03. The standard InChI is InChI=1S/C10H20N2O2/c1-3-11-10(14)7-5-4-6-8-12-9(2)13/h3-8H2,1-2H3,(H,11,14)(H,12,13). The van der Waals surface area contributed by atoms with Gasteiger partial charge in [-0.3, -0.25) is 9.59 Å². The number of carbonyl (C=O) groups is 2. The molecule has 0 aromatic heterocycles. The van der Waals surface area contributed by atoms with Gasteiger partial charge in [0.15, 0.2) is 0 Å². The summed E-state index contributed by atoms with van der Waals surface area (Å²) in [6, 6.07) is 0. The van der Waals surface area contributed by atoms with Crippen LogP contribution in [0.5, 0.6) is 0 Å². The van der Waals surface area contributed by atoms with Gasteiger partial charge in [0.1, 0.15) is 0 Å². The van der Waals surface area contributed by atoms with Crippen molar-refractivity contribution in [3.05, 3.63) is 0 Å². The maximum absolute atomic E-state index is 11.0. The van der Waals surface area contributed by atoms with E-state index >= 15 is 0 Å². The Morgan fingerprint density at radius 3 is 2.36 bits per heavy atom. The monoisotopic (exact) mass is 200 g/mol. The fourth-order valence-electron chi connectivity index (χ4n) is 1.14. The first-order valence-corrected chi connectivity index (χ1v) is 5.18. The smallest absolute Gasteiger partial charge is 0.219 e. The molecule has 0 aliphatic rings. The van der Waals surface area contributed by atoms with E-state index in [-0.39, 0.29) is 11.8 Å². The summed E-state index contributed by atoms with van der Waals surface area (Å²) in [5.41, 5.74) is 0. The molecule has 0 heterocycles. The van der Waals surface area contributed by atoms with Crippen molar-refractivity contribution < 1.29 is 9.59 Å². The molecule has 0 spiro atoms. The number of carbonyl (C=O) groups excluding carboxylic acids is 2. The Bertz CT molecular complexity index is 181. The van der Waals surface area contributed by atoms with Crippen LogP contribution < -0.4 is 10.6 Å². The van der Waals surface area contributed by atoms with E-state index in [1.807, 2.05) is 6.92 Å². The van der Waals surface area contributed by atoms with Crippen LogP contribution in [0.3, 0.4) is 0 Å². The van der Waals surface area contributed by atoms with E-state index in [9.17, 15) is 9.59 Å². The van der Waals surface area contributed by atoms with Gasteiger partial charge in [0.2, 0.25) is 11.8 Å². The normalized spacial score (nSPS) is 9.57. The number of hydrogen-bond donors (Lipinski definition) is 2. The molecule has 4 heteroatoms. The summed E-state index contributed by atoms with van der Waals surface area (Å²) in [7, 11) is 0. The summed E-state index contributed by atoms with van der Waals surface area (Å²) in [4.78, 5) is 21.5. The van der Waals surface area contributed by atoms with Gasteiger partial charge < -0.3 is 10.6 Å². The zero-order chi connectivity index (χ0) is 10.8. The second-order valence-electron chi connectivity index (χ2n) is 3.25. The Balaban J connectivity index is 3.13. The molecule has 0 aliphatic carbocycles. The molecule has 0 atom stereocenters. The number of rotatable bonds is 7. The lowest BCUT2D eigenvalue weighted by molar-refractivity contribution is -0.121. The number of unbranched alkanes of at least 4 members (excludes halogenated alkanes) is 2. The number of amides is 2. The quantitative estimate of drug-likeness (QED) is 0.598. The SMILES string of the molecule is CCNC(=O)CCCCCNC(C)=O. The topological polar surface area (TPSA) is 58.2 Å². The van der Waals surface area contributed by atoms with Gasteiger partial charge >= 0.3 is 0 Å². The largest absolute Gasteiger partial charge is 0.356 e. The average molecular weight is 200 g/mol. The summed E-state index contributed by atoms with van der Waals surface area (Å²) in [6.45, 7) is 4.83. The molecule has 0 radical (unpaired) electrons. The zero-order valence-corrected chi connectivity index (χ0v) is 9.06. The molecule has 0 rings (SSSR count). The van der Waals surface area contributed by atoms with Crippen LogP contribution in [0.1, 0.15) is 39.5 Å².